The molecule has 1 unspecified atom stereocenters. The normalized spacial score (nSPS) is 12.5. The first-order valence-corrected chi connectivity index (χ1v) is 10.8. The summed E-state index contributed by atoms with van der Waals surface area (Å²) in [6.07, 6.45) is 1.33. The molecule has 0 fully saturated rings. The van der Waals surface area contributed by atoms with E-state index in [2.05, 4.69) is 10.0 Å². The van der Waals surface area contributed by atoms with Crippen molar-refractivity contribution in [1.29, 1.82) is 0 Å². The topological polar surface area (TPSA) is 88.4 Å². The van der Waals surface area contributed by atoms with Crippen molar-refractivity contribution in [3.8, 4) is 0 Å². The maximum atomic E-state index is 12.7. The number of aryl methyl sites for hydroxylation is 1. The predicted octanol–water partition coefficient (Wildman–Crippen LogP) is 3.97. The highest BCUT2D eigenvalue weighted by Crippen LogP contribution is 2.22. The monoisotopic (exact) mass is 432 g/mol. The third-order valence-electron chi connectivity index (χ3n) is 4.31. The molecule has 0 saturated carbocycles. The van der Waals surface area contributed by atoms with Crippen LogP contribution < -0.4 is 10.0 Å². The summed E-state index contributed by atoms with van der Waals surface area (Å²) >= 11 is 5.83. The maximum Gasteiger partial charge on any atom is 0.241 e. The van der Waals surface area contributed by atoms with Gasteiger partial charge in [0.15, 0.2) is 0 Å². The molecule has 152 valence electrons. The van der Waals surface area contributed by atoms with Gasteiger partial charge >= 0.3 is 0 Å². The summed E-state index contributed by atoms with van der Waals surface area (Å²) in [6.45, 7) is 2.34. The van der Waals surface area contributed by atoms with Crippen molar-refractivity contribution in [3.05, 3.63) is 88.8 Å². The SMILES string of the molecule is Cc1ccc(CNC(=O)CC(NS(=O)(=O)c2ccc(Cl)cc2)c2ccco2)cc1. The molecule has 0 aliphatic heterocycles. The number of amides is 1. The lowest BCUT2D eigenvalue weighted by Crippen LogP contribution is -2.33. The average Bonchev–Trinajstić information content (AvgIpc) is 3.22. The van der Waals surface area contributed by atoms with Crippen molar-refractivity contribution in [2.24, 2.45) is 0 Å². The van der Waals surface area contributed by atoms with Gasteiger partial charge < -0.3 is 9.73 Å². The Morgan fingerprint density at radius 2 is 1.76 bits per heavy atom. The standard InChI is InChI=1S/C21H21ClN2O4S/c1-15-4-6-16(7-5-15)14-23-21(25)13-19(20-3-2-12-28-20)24-29(26,27)18-10-8-17(22)9-11-18/h2-12,19,24H,13-14H2,1H3,(H,23,25). The molecule has 0 radical (unpaired) electrons. The molecular weight excluding hydrogens is 412 g/mol. The number of hydrogen-bond acceptors (Lipinski definition) is 4. The lowest BCUT2D eigenvalue weighted by Gasteiger charge is -2.17. The summed E-state index contributed by atoms with van der Waals surface area (Å²) in [5.41, 5.74) is 2.09. The molecule has 1 heterocycles. The molecule has 8 heteroatoms. The van der Waals surface area contributed by atoms with Crippen molar-refractivity contribution in [2.45, 2.75) is 30.8 Å². The Kier molecular flexibility index (Phi) is 6.74. The van der Waals surface area contributed by atoms with E-state index in [-0.39, 0.29) is 17.2 Å². The van der Waals surface area contributed by atoms with Crippen LogP contribution in [0.2, 0.25) is 5.02 Å². The highest BCUT2D eigenvalue weighted by molar-refractivity contribution is 7.89. The minimum absolute atomic E-state index is 0.0542. The molecule has 0 saturated heterocycles. The number of benzene rings is 2. The van der Waals surface area contributed by atoms with E-state index in [1.54, 1.807) is 12.1 Å². The van der Waals surface area contributed by atoms with Gasteiger partial charge in [-0.25, -0.2) is 8.42 Å². The van der Waals surface area contributed by atoms with Gasteiger partial charge in [0.25, 0.3) is 0 Å². The van der Waals surface area contributed by atoms with Crippen molar-refractivity contribution in [2.75, 3.05) is 0 Å². The number of carbonyl (C=O) groups excluding carboxylic acids is 1. The number of nitrogens with one attached hydrogen (secondary N) is 2. The lowest BCUT2D eigenvalue weighted by atomic mass is 10.1. The zero-order valence-corrected chi connectivity index (χ0v) is 17.3. The van der Waals surface area contributed by atoms with Crippen LogP contribution in [-0.4, -0.2) is 14.3 Å². The van der Waals surface area contributed by atoms with Gasteiger partial charge in [-0.05, 0) is 48.9 Å². The summed E-state index contributed by atoms with van der Waals surface area (Å²) in [4.78, 5) is 12.5. The van der Waals surface area contributed by atoms with Crippen LogP contribution in [0.3, 0.4) is 0 Å². The summed E-state index contributed by atoms with van der Waals surface area (Å²) in [5.74, 6) is 0.0544. The van der Waals surface area contributed by atoms with Crippen molar-refractivity contribution < 1.29 is 17.6 Å². The molecule has 0 spiro atoms. The molecule has 1 atom stereocenters. The summed E-state index contributed by atoms with van der Waals surface area (Å²) < 4.78 is 33.3. The molecule has 6 nitrogen and oxygen atoms in total. The largest absolute Gasteiger partial charge is 0.468 e. The number of furan rings is 1. The van der Waals surface area contributed by atoms with Gasteiger partial charge in [-0.3, -0.25) is 4.79 Å². The first kappa shape index (κ1) is 21.1. The van der Waals surface area contributed by atoms with Crippen molar-refractivity contribution in [1.82, 2.24) is 10.0 Å². The van der Waals surface area contributed by atoms with E-state index < -0.39 is 16.1 Å². The molecule has 29 heavy (non-hydrogen) atoms. The third-order valence-corrected chi connectivity index (χ3v) is 6.05. The first-order chi connectivity index (χ1) is 13.8. The summed E-state index contributed by atoms with van der Waals surface area (Å²) in [6, 6.07) is 16.0. The van der Waals surface area contributed by atoms with Crippen LogP contribution in [0, 0.1) is 6.92 Å². The zero-order valence-electron chi connectivity index (χ0n) is 15.8. The van der Waals surface area contributed by atoms with Crippen LogP contribution in [0.15, 0.2) is 76.2 Å². The highest BCUT2D eigenvalue weighted by Gasteiger charge is 2.25. The molecule has 2 aromatic carbocycles. The molecule has 0 aliphatic carbocycles. The van der Waals surface area contributed by atoms with E-state index in [0.29, 0.717) is 17.3 Å². The Morgan fingerprint density at radius 3 is 2.38 bits per heavy atom. The second kappa shape index (κ2) is 9.26. The van der Waals surface area contributed by atoms with Gasteiger partial charge in [0, 0.05) is 11.6 Å². The van der Waals surface area contributed by atoms with Gasteiger partial charge in [0.1, 0.15) is 5.76 Å². The second-order valence-corrected chi connectivity index (χ2v) is 8.76. The van der Waals surface area contributed by atoms with E-state index >= 15 is 0 Å². The average molecular weight is 433 g/mol. The van der Waals surface area contributed by atoms with Crippen LogP contribution in [0.25, 0.3) is 0 Å². The van der Waals surface area contributed by atoms with Gasteiger partial charge in [0.05, 0.1) is 23.6 Å². The molecule has 1 amide bonds. The van der Waals surface area contributed by atoms with E-state index in [1.165, 1.54) is 30.5 Å². The molecule has 3 aromatic rings. The van der Waals surface area contributed by atoms with Crippen LogP contribution in [0.1, 0.15) is 29.3 Å². The van der Waals surface area contributed by atoms with Crippen molar-refractivity contribution >= 4 is 27.5 Å². The maximum absolute atomic E-state index is 12.7. The Morgan fingerprint density at radius 1 is 1.07 bits per heavy atom. The Balaban J connectivity index is 1.69. The fourth-order valence-electron chi connectivity index (χ4n) is 2.72. The fraction of sp³-hybridized carbons (Fsp3) is 0.190. The first-order valence-electron chi connectivity index (χ1n) is 8.97. The Labute approximate surface area is 174 Å². The van der Waals surface area contributed by atoms with Gasteiger partial charge in [0.2, 0.25) is 15.9 Å². The quantitative estimate of drug-likeness (QED) is 0.563. The third kappa shape index (κ3) is 5.93. The highest BCUT2D eigenvalue weighted by atomic mass is 35.5. The number of rotatable bonds is 8. The van der Waals surface area contributed by atoms with Crippen LogP contribution in [0.4, 0.5) is 0 Å². The van der Waals surface area contributed by atoms with Gasteiger partial charge in [-0.15, -0.1) is 0 Å². The minimum atomic E-state index is -3.87. The summed E-state index contributed by atoms with van der Waals surface area (Å²) in [5, 5.41) is 3.24. The minimum Gasteiger partial charge on any atom is -0.468 e. The molecular formula is C21H21ClN2O4S. The molecule has 3 rings (SSSR count). The summed E-state index contributed by atoms with van der Waals surface area (Å²) in [7, 11) is -3.87. The zero-order chi connectivity index (χ0) is 20.9. The lowest BCUT2D eigenvalue weighted by molar-refractivity contribution is -0.121. The molecule has 0 aliphatic rings. The Hall–Kier alpha value is -2.61. The predicted molar refractivity (Wildman–Crippen MR) is 111 cm³/mol. The molecule has 2 N–H and O–H groups in total. The number of sulfonamides is 1. The van der Waals surface area contributed by atoms with E-state index in [4.69, 9.17) is 16.0 Å². The van der Waals surface area contributed by atoms with Gasteiger partial charge in [-0.1, -0.05) is 41.4 Å². The Bertz CT molecular complexity index is 1050. The smallest absolute Gasteiger partial charge is 0.241 e. The van der Waals surface area contributed by atoms with Crippen LogP contribution >= 0.6 is 11.6 Å². The fourth-order valence-corrected chi connectivity index (χ4v) is 4.05. The number of hydrogen-bond donors (Lipinski definition) is 2. The van der Waals surface area contributed by atoms with Crippen LogP contribution in [0.5, 0.6) is 0 Å². The molecule has 0 bridgehead atoms. The van der Waals surface area contributed by atoms with Crippen LogP contribution in [-0.2, 0) is 21.4 Å². The van der Waals surface area contributed by atoms with E-state index in [9.17, 15) is 13.2 Å². The van der Waals surface area contributed by atoms with Crippen molar-refractivity contribution in [3.63, 3.8) is 0 Å². The van der Waals surface area contributed by atoms with Gasteiger partial charge in [-0.2, -0.15) is 4.72 Å². The van der Waals surface area contributed by atoms with E-state index in [1.807, 2.05) is 31.2 Å². The molecule has 1 aromatic heterocycles. The number of carbonyl (C=O) groups is 1. The van der Waals surface area contributed by atoms with E-state index in [0.717, 1.165) is 11.1 Å². The number of halogens is 1. The second-order valence-electron chi connectivity index (χ2n) is 6.61.